The summed E-state index contributed by atoms with van der Waals surface area (Å²) in [7, 11) is -4.84. The number of carboxylic acids is 2. The van der Waals surface area contributed by atoms with Crippen LogP contribution in [-0.2, 0) is 24.4 Å². The van der Waals surface area contributed by atoms with E-state index in [1.54, 1.807) is 0 Å². The molecule has 27 heavy (non-hydrogen) atoms. The molecule has 3 N–H and O–H groups in total. The summed E-state index contributed by atoms with van der Waals surface area (Å²) in [5.74, 6) is -3.50. The third-order valence-electron chi connectivity index (χ3n) is 3.40. The molecule has 0 aromatic heterocycles. The Kier molecular flexibility index (Phi) is 24.0. The van der Waals surface area contributed by atoms with E-state index in [1.807, 2.05) is 6.61 Å². The molecule has 0 aliphatic carbocycles. The van der Waals surface area contributed by atoms with Gasteiger partial charge in [0.05, 0.1) is 6.42 Å². The standard InChI is InChI=1S/C13H27O.C4H6O7S.Na/c1-3-5-6-7-8-9-10-11-13-14-12-4-2;5-3(6)1-2(4(7)8)12(9,10)11;/h12H,3-11,13H2,1-2H3;2H,1H2,(H,5,6)(H,7,8)(H,9,10,11);/q-1;;+1. The minimum Gasteiger partial charge on any atom is -0.552 e. The van der Waals surface area contributed by atoms with Gasteiger partial charge in [-0.1, -0.05) is 58.8 Å². The van der Waals surface area contributed by atoms with Gasteiger partial charge in [-0.05, 0) is 6.42 Å². The second-order valence-corrected chi connectivity index (χ2v) is 7.46. The summed E-state index contributed by atoms with van der Waals surface area (Å²) < 4.78 is 34.0. The van der Waals surface area contributed by atoms with Crippen molar-refractivity contribution in [3.63, 3.8) is 0 Å². The smallest absolute Gasteiger partial charge is 0.552 e. The van der Waals surface area contributed by atoms with E-state index in [2.05, 4.69) is 13.8 Å². The van der Waals surface area contributed by atoms with Gasteiger partial charge < -0.3 is 14.9 Å². The molecule has 0 saturated carbocycles. The Morgan fingerprint density at radius 2 is 1.44 bits per heavy atom. The van der Waals surface area contributed by atoms with Gasteiger partial charge in [0, 0.05) is 6.61 Å². The zero-order valence-electron chi connectivity index (χ0n) is 16.7. The molecule has 1 atom stereocenters. The van der Waals surface area contributed by atoms with Gasteiger partial charge in [-0.25, -0.2) is 6.61 Å². The third kappa shape index (κ3) is 23.8. The van der Waals surface area contributed by atoms with E-state index in [9.17, 15) is 18.0 Å². The van der Waals surface area contributed by atoms with Crippen LogP contribution < -0.4 is 29.6 Å². The van der Waals surface area contributed by atoms with E-state index in [1.165, 1.54) is 51.4 Å². The molecule has 0 amide bonds. The number of unbranched alkanes of at least 4 members (excludes halogenated alkanes) is 7. The predicted molar refractivity (Wildman–Crippen MR) is 98.4 cm³/mol. The molecule has 0 saturated heterocycles. The first-order valence-electron chi connectivity index (χ1n) is 9.00. The maximum absolute atomic E-state index is 10.2. The summed E-state index contributed by atoms with van der Waals surface area (Å²) in [4.78, 5) is 20.0. The summed E-state index contributed by atoms with van der Waals surface area (Å²) >= 11 is 0. The molecule has 1 unspecified atom stereocenters. The summed E-state index contributed by atoms with van der Waals surface area (Å²) in [5.41, 5.74) is 0. The first-order chi connectivity index (χ1) is 12.2. The molecule has 0 aromatic rings. The second kappa shape index (κ2) is 20.5. The SMILES string of the molecule is CC[CH-]OCCCCCCCCCC.O=C(O)CC(C(=O)O)S(=O)(=O)O.[Na+]. The van der Waals surface area contributed by atoms with Crippen molar-refractivity contribution in [2.45, 2.75) is 83.3 Å². The summed E-state index contributed by atoms with van der Waals surface area (Å²) in [5, 5.41) is 13.9. The van der Waals surface area contributed by atoms with Crippen molar-refractivity contribution in [1.82, 2.24) is 0 Å². The van der Waals surface area contributed by atoms with Crippen LogP contribution in [0, 0.1) is 6.61 Å². The Morgan fingerprint density at radius 3 is 1.78 bits per heavy atom. The van der Waals surface area contributed by atoms with Gasteiger partial charge in [0.15, 0.2) is 5.25 Å². The van der Waals surface area contributed by atoms with Gasteiger partial charge in [0.25, 0.3) is 10.1 Å². The number of carboxylic acid groups (broad SMARTS) is 2. The molecule has 0 aliphatic heterocycles. The number of hydrogen-bond donors (Lipinski definition) is 3. The number of ether oxygens (including phenoxy) is 1. The monoisotopic (exact) mass is 420 g/mol. The molecular formula is C17H33NaO8S. The molecule has 156 valence electrons. The van der Waals surface area contributed by atoms with Crippen LogP contribution in [0.2, 0.25) is 0 Å². The van der Waals surface area contributed by atoms with Crippen LogP contribution in [0.3, 0.4) is 0 Å². The van der Waals surface area contributed by atoms with Crippen LogP contribution >= 0.6 is 0 Å². The Balaban J connectivity index is -0.000000416. The van der Waals surface area contributed by atoms with Crippen LogP contribution in [0.5, 0.6) is 0 Å². The van der Waals surface area contributed by atoms with E-state index < -0.39 is 33.7 Å². The number of hydrogen-bond acceptors (Lipinski definition) is 5. The molecule has 0 radical (unpaired) electrons. The topological polar surface area (TPSA) is 138 Å². The van der Waals surface area contributed by atoms with Gasteiger partial charge in [-0.3, -0.25) is 14.1 Å². The van der Waals surface area contributed by atoms with E-state index in [4.69, 9.17) is 19.5 Å². The number of rotatable bonds is 15. The Bertz CT molecular complexity index is 456. The quantitative estimate of drug-likeness (QED) is 0.151. The molecule has 0 rings (SSSR count). The van der Waals surface area contributed by atoms with E-state index >= 15 is 0 Å². The van der Waals surface area contributed by atoms with Gasteiger partial charge in [0.1, 0.15) is 0 Å². The van der Waals surface area contributed by atoms with E-state index in [-0.39, 0.29) is 29.6 Å². The number of aliphatic carboxylic acids is 2. The molecule has 0 aromatic carbocycles. The van der Waals surface area contributed by atoms with Crippen LogP contribution in [0.1, 0.15) is 78.1 Å². The van der Waals surface area contributed by atoms with Crippen molar-refractivity contribution in [2.24, 2.45) is 0 Å². The molecule has 0 heterocycles. The maximum Gasteiger partial charge on any atom is 1.00 e. The van der Waals surface area contributed by atoms with Crippen molar-refractivity contribution in [3.05, 3.63) is 6.61 Å². The summed E-state index contributed by atoms with van der Waals surface area (Å²) in [6.07, 6.45) is 10.8. The van der Waals surface area contributed by atoms with Gasteiger partial charge >= 0.3 is 41.5 Å². The minimum atomic E-state index is -4.84. The summed E-state index contributed by atoms with van der Waals surface area (Å²) in [6, 6.07) is 0. The van der Waals surface area contributed by atoms with Crippen molar-refractivity contribution >= 4 is 22.1 Å². The first-order valence-corrected chi connectivity index (χ1v) is 10.5. The molecule has 0 aliphatic rings. The van der Waals surface area contributed by atoms with Gasteiger partial charge in [0.2, 0.25) is 0 Å². The zero-order chi connectivity index (χ0) is 20.4. The van der Waals surface area contributed by atoms with Crippen LogP contribution in [-0.4, -0.2) is 47.0 Å². The normalized spacial score (nSPS) is 11.7. The van der Waals surface area contributed by atoms with Crippen molar-refractivity contribution in [2.75, 3.05) is 6.61 Å². The van der Waals surface area contributed by atoms with Gasteiger partial charge in [-0.2, -0.15) is 14.8 Å². The third-order valence-corrected chi connectivity index (χ3v) is 4.48. The molecular weight excluding hydrogens is 387 g/mol. The van der Waals surface area contributed by atoms with E-state index in [0.29, 0.717) is 0 Å². The Morgan fingerprint density at radius 1 is 0.963 bits per heavy atom. The van der Waals surface area contributed by atoms with Crippen LogP contribution in [0.4, 0.5) is 0 Å². The Labute approximate surface area is 185 Å². The average molecular weight is 421 g/mol. The fraction of sp³-hybridized carbons (Fsp3) is 0.824. The van der Waals surface area contributed by atoms with Crippen LogP contribution in [0.15, 0.2) is 0 Å². The first kappa shape index (κ1) is 31.5. The number of carbonyl (C=O) groups is 2. The fourth-order valence-corrected chi connectivity index (χ4v) is 2.61. The van der Waals surface area contributed by atoms with Gasteiger partial charge in [-0.15, -0.1) is 0 Å². The molecule has 10 heteroatoms. The molecule has 0 fully saturated rings. The molecule has 8 nitrogen and oxygen atoms in total. The zero-order valence-corrected chi connectivity index (χ0v) is 19.5. The minimum absolute atomic E-state index is 0. The summed E-state index contributed by atoms with van der Waals surface area (Å²) in [6.45, 7) is 7.19. The van der Waals surface area contributed by atoms with Crippen molar-refractivity contribution in [3.8, 4) is 0 Å². The van der Waals surface area contributed by atoms with E-state index in [0.717, 1.165) is 13.0 Å². The second-order valence-electron chi connectivity index (χ2n) is 5.86. The largest absolute Gasteiger partial charge is 1.00 e. The Hall–Kier alpha value is -0.190. The molecule has 0 spiro atoms. The predicted octanol–water partition coefficient (Wildman–Crippen LogP) is 0.522. The molecule has 0 bridgehead atoms. The average Bonchev–Trinajstić information content (AvgIpc) is 2.53. The van der Waals surface area contributed by atoms with Crippen LogP contribution in [0.25, 0.3) is 0 Å². The fourth-order valence-electron chi connectivity index (χ4n) is 2.00. The maximum atomic E-state index is 10.2. The van der Waals surface area contributed by atoms with Crippen molar-refractivity contribution < 1.29 is 67.1 Å². The van der Waals surface area contributed by atoms with Crippen molar-refractivity contribution in [1.29, 1.82) is 0 Å².